The van der Waals surface area contributed by atoms with Gasteiger partial charge in [-0.25, -0.2) is 4.98 Å². The normalized spacial score (nSPS) is 17.7. The van der Waals surface area contributed by atoms with Crippen LogP contribution in [0, 0.1) is 6.92 Å². The van der Waals surface area contributed by atoms with Crippen LogP contribution in [0.5, 0.6) is 0 Å². The highest BCUT2D eigenvalue weighted by Gasteiger charge is 2.36. The molecule has 1 aliphatic heterocycles. The number of aryl methyl sites for hydroxylation is 1. The number of aromatic amines is 1. The van der Waals surface area contributed by atoms with E-state index in [4.69, 9.17) is 0 Å². The summed E-state index contributed by atoms with van der Waals surface area (Å²) in [6, 6.07) is 18.1. The van der Waals surface area contributed by atoms with Crippen LogP contribution in [0.1, 0.15) is 41.9 Å². The van der Waals surface area contributed by atoms with Crippen LogP contribution in [0.2, 0.25) is 0 Å². The van der Waals surface area contributed by atoms with Gasteiger partial charge in [0, 0.05) is 6.54 Å². The van der Waals surface area contributed by atoms with Crippen LogP contribution >= 0.6 is 0 Å². The van der Waals surface area contributed by atoms with Gasteiger partial charge in [-0.3, -0.25) is 9.69 Å². The molecule has 1 aliphatic rings. The molecule has 2 heterocycles. The SMILES string of the molecule is Cc1ccc(-c2cnc([C@@H]3CCCN3C(=O)[C@@H](c3ccccc3)N(C)C)[nH]2)cc1. The molecule has 1 aromatic heterocycles. The van der Waals surface area contributed by atoms with E-state index in [0.717, 1.165) is 42.0 Å². The molecule has 1 fully saturated rings. The average molecular weight is 389 g/mol. The van der Waals surface area contributed by atoms with Crippen molar-refractivity contribution in [1.82, 2.24) is 19.8 Å². The maximum atomic E-state index is 13.5. The van der Waals surface area contributed by atoms with E-state index >= 15 is 0 Å². The summed E-state index contributed by atoms with van der Waals surface area (Å²) in [5.74, 6) is 1.01. The molecule has 3 aromatic rings. The Bertz CT molecular complexity index is 962. The van der Waals surface area contributed by atoms with Crippen molar-refractivity contribution in [3.8, 4) is 11.3 Å². The lowest BCUT2D eigenvalue weighted by molar-refractivity contribution is -0.137. The number of rotatable bonds is 5. The lowest BCUT2D eigenvalue weighted by atomic mass is 10.0. The van der Waals surface area contributed by atoms with E-state index in [-0.39, 0.29) is 18.0 Å². The topological polar surface area (TPSA) is 52.2 Å². The van der Waals surface area contributed by atoms with E-state index < -0.39 is 0 Å². The Morgan fingerprint density at radius 3 is 2.55 bits per heavy atom. The lowest BCUT2D eigenvalue weighted by Crippen LogP contribution is -2.40. The second-order valence-electron chi connectivity index (χ2n) is 8.01. The van der Waals surface area contributed by atoms with E-state index in [2.05, 4.69) is 41.2 Å². The molecule has 5 nitrogen and oxygen atoms in total. The Morgan fingerprint density at radius 1 is 1.14 bits per heavy atom. The molecule has 1 N–H and O–H groups in total. The third-order valence-corrected chi connectivity index (χ3v) is 5.68. The van der Waals surface area contributed by atoms with Crippen molar-refractivity contribution in [1.29, 1.82) is 0 Å². The number of imidazole rings is 1. The molecule has 150 valence electrons. The first kappa shape index (κ1) is 19.4. The standard InChI is InChI=1S/C24H28N4O/c1-17-11-13-18(14-12-17)20-16-25-23(26-20)21-10-7-15-28(21)24(29)22(27(2)3)19-8-5-4-6-9-19/h4-6,8-9,11-14,16,21-22H,7,10,15H2,1-3H3,(H,25,26)/t21-,22+/m0/s1. The van der Waals surface area contributed by atoms with Gasteiger partial charge in [-0.05, 0) is 45.0 Å². The first-order valence-electron chi connectivity index (χ1n) is 10.2. The molecule has 0 spiro atoms. The molecule has 4 rings (SSSR count). The van der Waals surface area contributed by atoms with Gasteiger partial charge in [0.15, 0.2) is 0 Å². The number of likely N-dealkylation sites (N-methyl/N-ethyl adjacent to an activating group) is 1. The number of hydrogen-bond acceptors (Lipinski definition) is 3. The third-order valence-electron chi connectivity index (χ3n) is 5.68. The van der Waals surface area contributed by atoms with Crippen molar-refractivity contribution in [3.05, 3.63) is 77.7 Å². The molecule has 0 unspecified atom stereocenters. The predicted octanol–water partition coefficient (Wildman–Crippen LogP) is 4.35. The Morgan fingerprint density at radius 2 is 1.86 bits per heavy atom. The largest absolute Gasteiger partial charge is 0.340 e. The number of benzene rings is 2. The number of likely N-dealkylation sites (tertiary alicyclic amines) is 1. The minimum absolute atomic E-state index is 0.00661. The Kier molecular flexibility index (Phi) is 5.49. The molecule has 1 saturated heterocycles. The van der Waals surface area contributed by atoms with Crippen molar-refractivity contribution in [3.63, 3.8) is 0 Å². The summed E-state index contributed by atoms with van der Waals surface area (Å²) in [4.78, 5) is 25.6. The number of nitrogens with zero attached hydrogens (tertiary/aromatic N) is 3. The first-order valence-corrected chi connectivity index (χ1v) is 10.2. The van der Waals surface area contributed by atoms with Crippen LogP contribution in [0.15, 0.2) is 60.8 Å². The fourth-order valence-corrected chi connectivity index (χ4v) is 4.15. The number of aromatic nitrogens is 2. The summed E-state index contributed by atoms with van der Waals surface area (Å²) in [6.45, 7) is 2.85. The average Bonchev–Trinajstić information content (AvgIpc) is 3.39. The van der Waals surface area contributed by atoms with Gasteiger partial charge >= 0.3 is 0 Å². The second-order valence-corrected chi connectivity index (χ2v) is 8.01. The highest BCUT2D eigenvalue weighted by atomic mass is 16.2. The van der Waals surface area contributed by atoms with Crippen LogP contribution in [-0.4, -0.2) is 46.3 Å². The minimum atomic E-state index is -0.289. The summed E-state index contributed by atoms with van der Waals surface area (Å²) in [6.07, 6.45) is 3.80. The number of amides is 1. The van der Waals surface area contributed by atoms with Gasteiger partial charge < -0.3 is 9.88 Å². The second kappa shape index (κ2) is 8.21. The van der Waals surface area contributed by atoms with Gasteiger partial charge in [0.25, 0.3) is 0 Å². The van der Waals surface area contributed by atoms with Crippen molar-refractivity contribution < 1.29 is 4.79 Å². The third kappa shape index (κ3) is 3.96. The molecule has 5 heteroatoms. The van der Waals surface area contributed by atoms with Crippen LogP contribution in [-0.2, 0) is 4.79 Å². The van der Waals surface area contributed by atoms with Crippen molar-refractivity contribution in [2.24, 2.45) is 0 Å². The summed E-state index contributed by atoms with van der Waals surface area (Å²) in [7, 11) is 3.92. The predicted molar refractivity (Wildman–Crippen MR) is 115 cm³/mol. The number of hydrogen-bond donors (Lipinski definition) is 1. The Labute approximate surface area is 172 Å². The molecule has 1 amide bonds. The monoisotopic (exact) mass is 388 g/mol. The van der Waals surface area contributed by atoms with Crippen molar-refractivity contribution in [2.45, 2.75) is 31.8 Å². The van der Waals surface area contributed by atoms with Gasteiger partial charge in [-0.2, -0.15) is 0 Å². The highest BCUT2D eigenvalue weighted by Crippen LogP contribution is 2.34. The van der Waals surface area contributed by atoms with Crippen LogP contribution in [0.3, 0.4) is 0 Å². The molecule has 0 saturated carbocycles. The highest BCUT2D eigenvalue weighted by molar-refractivity contribution is 5.84. The number of carbonyl (C=O) groups excluding carboxylic acids is 1. The smallest absolute Gasteiger partial charge is 0.245 e. The minimum Gasteiger partial charge on any atom is -0.340 e. The summed E-state index contributed by atoms with van der Waals surface area (Å²) < 4.78 is 0. The van der Waals surface area contributed by atoms with Crippen molar-refractivity contribution >= 4 is 5.91 Å². The lowest BCUT2D eigenvalue weighted by Gasteiger charge is -2.31. The zero-order chi connectivity index (χ0) is 20.4. The van der Waals surface area contributed by atoms with Gasteiger partial charge in [0.05, 0.1) is 17.9 Å². The van der Waals surface area contributed by atoms with Gasteiger partial charge in [-0.1, -0.05) is 60.2 Å². The van der Waals surface area contributed by atoms with Crippen LogP contribution in [0.4, 0.5) is 0 Å². The molecular formula is C24H28N4O. The zero-order valence-electron chi connectivity index (χ0n) is 17.3. The van der Waals surface area contributed by atoms with Gasteiger partial charge in [0.2, 0.25) is 5.91 Å². The summed E-state index contributed by atoms with van der Waals surface area (Å²) in [5.41, 5.74) is 4.36. The number of H-pyrrole nitrogens is 1. The maximum absolute atomic E-state index is 13.5. The van der Waals surface area contributed by atoms with Crippen molar-refractivity contribution in [2.75, 3.05) is 20.6 Å². The quantitative estimate of drug-likeness (QED) is 0.707. The Balaban J connectivity index is 1.59. The molecular weight excluding hydrogens is 360 g/mol. The zero-order valence-corrected chi connectivity index (χ0v) is 17.3. The van der Waals surface area contributed by atoms with E-state index in [9.17, 15) is 4.79 Å². The van der Waals surface area contributed by atoms with Crippen LogP contribution in [0.25, 0.3) is 11.3 Å². The Hall–Kier alpha value is -2.92. The molecule has 2 atom stereocenters. The molecule has 0 bridgehead atoms. The van der Waals surface area contributed by atoms with E-state index in [0.29, 0.717) is 0 Å². The molecule has 0 aliphatic carbocycles. The number of carbonyl (C=O) groups is 1. The van der Waals surface area contributed by atoms with Crippen LogP contribution < -0.4 is 0 Å². The molecule has 0 radical (unpaired) electrons. The molecule has 2 aromatic carbocycles. The molecule has 29 heavy (non-hydrogen) atoms. The van der Waals surface area contributed by atoms with E-state index in [1.165, 1.54) is 5.56 Å². The van der Waals surface area contributed by atoms with E-state index in [1.54, 1.807) is 0 Å². The fourth-order valence-electron chi connectivity index (χ4n) is 4.15. The van der Waals surface area contributed by atoms with Gasteiger partial charge in [0.1, 0.15) is 11.9 Å². The van der Waals surface area contributed by atoms with Gasteiger partial charge in [-0.15, -0.1) is 0 Å². The summed E-state index contributed by atoms with van der Waals surface area (Å²) in [5, 5.41) is 0. The number of nitrogens with one attached hydrogen (secondary N) is 1. The fraction of sp³-hybridized carbons (Fsp3) is 0.333. The summed E-state index contributed by atoms with van der Waals surface area (Å²) >= 11 is 0. The van der Waals surface area contributed by atoms with E-state index in [1.807, 2.05) is 60.4 Å². The maximum Gasteiger partial charge on any atom is 0.245 e. The first-order chi connectivity index (χ1) is 14.0.